The van der Waals surface area contributed by atoms with Crippen LogP contribution in [0.4, 0.5) is 5.69 Å². The molecule has 1 amide bonds. The third kappa shape index (κ3) is 5.32. The fraction of sp³-hybridized carbons (Fsp3) is 0.273. The van der Waals surface area contributed by atoms with Gasteiger partial charge in [0.05, 0.1) is 5.75 Å². The second-order valence-corrected chi connectivity index (χ2v) is 8.55. The minimum absolute atomic E-state index is 0.0829. The topological polar surface area (TPSA) is 72.7 Å². The molecule has 3 aromatic rings. The Hall–Kier alpha value is -2.93. The first-order chi connectivity index (χ1) is 13.9. The van der Waals surface area contributed by atoms with Gasteiger partial charge in [-0.15, -0.1) is 16.8 Å². The van der Waals surface area contributed by atoms with E-state index >= 15 is 0 Å². The van der Waals surface area contributed by atoms with Gasteiger partial charge in [0.2, 0.25) is 5.91 Å². The summed E-state index contributed by atoms with van der Waals surface area (Å²) in [7, 11) is 0. The predicted octanol–water partition coefficient (Wildman–Crippen LogP) is 4.55. The zero-order valence-electron chi connectivity index (χ0n) is 16.9. The van der Waals surface area contributed by atoms with Gasteiger partial charge < -0.3 is 5.32 Å². The Morgan fingerprint density at radius 2 is 1.97 bits per heavy atom. The average Bonchev–Trinajstić information content (AvgIpc) is 3.10. The molecule has 2 aromatic heterocycles. The Labute approximate surface area is 175 Å². The first kappa shape index (κ1) is 20.8. The number of carbonyl (C=O) groups is 1. The van der Waals surface area contributed by atoms with Crippen molar-refractivity contribution in [2.45, 2.75) is 37.9 Å². The summed E-state index contributed by atoms with van der Waals surface area (Å²) < 4.78 is 1.93. The van der Waals surface area contributed by atoms with Crippen molar-refractivity contribution in [3.8, 4) is 11.4 Å². The van der Waals surface area contributed by atoms with Crippen molar-refractivity contribution < 1.29 is 4.79 Å². The first-order valence-corrected chi connectivity index (χ1v) is 10.3. The van der Waals surface area contributed by atoms with Gasteiger partial charge in [-0.1, -0.05) is 50.7 Å². The molecule has 1 aromatic carbocycles. The number of nitrogens with one attached hydrogen (secondary N) is 1. The Bertz CT molecular complexity index is 975. The molecule has 0 aliphatic heterocycles. The number of thioether (sulfide) groups is 1. The average molecular weight is 408 g/mol. The number of benzene rings is 1. The third-order valence-electron chi connectivity index (χ3n) is 4.32. The Kier molecular flexibility index (Phi) is 6.49. The smallest absolute Gasteiger partial charge is 0.234 e. The van der Waals surface area contributed by atoms with E-state index in [0.717, 1.165) is 11.3 Å². The zero-order chi connectivity index (χ0) is 20.9. The molecule has 2 heterocycles. The minimum atomic E-state index is -0.0883. The molecule has 6 nitrogen and oxygen atoms in total. The maximum Gasteiger partial charge on any atom is 0.234 e. The van der Waals surface area contributed by atoms with E-state index in [-0.39, 0.29) is 17.1 Å². The van der Waals surface area contributed by atoms with Gasteiger partial charge >= 0.3 is 0 Å². The highest BCUT2D eigenvalue weighted by Crippen LogP contribution is 2.25. The second kappa shape index (κ2) is 9.05. The summed E-state index contributed by atoms with van der Waals surface area (Å²) in [6.45, 7) is 10.8. The lowest BCUT2D eigenvalue weighted by Crippen LogP contribution is -2.15. The molecule has 0 aliphatic carbocycles. The molecule has 0 aliphatic rings. The monoisotopic (exact) mass is 407 g/mol. The van der Waals surface area contributed by atoms with Gasteiger partial charge in [0.1, 0.15) is 0 Å². The van der Waals surface area contributed by atoms with Crippen LogP contribution in [-0.4, -0.2) is 31.4 Å². The van der Waals surface area contributed by atoms with Gasteiger partial charge in [-0.3, -0.25) is 14.3 Å². The van der Waals surface area contributed by atoms with Crippen LogP contribution in [0.15, 0.2) is 66.6 Å². The van der Waals surface area contributed by atoms with E-state index in [1.165, 1.54) is 17.3 Å². The van der Waals surface area contributed by atoms with Crippen LogP contribution in [0.5, 0.6) is 0 Å². The number of carbonyl (C=O) groups excluding carboxylic acids is 1. The Morgan fingerprint density at radius 3 is 2.59 bits per heavy atom. The van der Waals surface area contributed by atoms with Crippen molar-refractivity contribution in [3.63, 3.8) is 0 Å². The van der Waals surface area contributed by atoms with E-state index in [1.54, 1.807) is 18.5 Å². The number of amides is 1. The lowest BCUT2D eigenvalue weighted by atomic mass is 9.87. The second-order valence-electron chi connectivity index (χ2n) is 7.61. The molecule has 29 heavy (non-hydrogen) atoms. The SMILES string of the molecule is C=CCn1c(SCC(=O)Nc2ccc(C(C)(C)C)cc2)nnc1-c1cccnc1. The number of anilines is 1. The van der Waals surface area contributed by atoms with Crippen molar-refractivity contribution in [1.29, 1.82) is 0 Å². The van der Waals surface area contributed by atoms with Gasteiger partial charge in [0.15, 0.2) is 11.0 Å². The van der Waals surface area contributed by atoms with Gasteiger partial charge in [-0.05, 0) is 35.2 Å². The van der Waals surface area contributed by atoms with Crippen LogP contribution in [0.2, 0.25) is 0 Å². The molecule has 3 rings (SSSR count). The van der Waals surface area contributed by atoms with Crippen LogP contribution in [0, 0.1) is 0 Å². The highest BCUT2D eigenvalue weighted by molar-refractivity contribution is 7.99. The van der Waals surface area contributed by atoms with Gasteiger partial charge in [-0.2, -0.15) is 0 Å². The number of hydrogen-bond donors (Lipinski definition) is 1. The standard InChI is InChI=1S/C22H25N5OS/c1-5-13-27-20(16-7-6-12-23-14-16)25-26-21(27)29-15-19(28)24-18-10-8-17(9-11-18)22(2,3)4/h5-12,14H,1,13,15H2,2-4H3,(H,24,28). The van der Waals surface area contributed by atoms with Crippen LogP contribution in [0.3, 0.4) is 0 Å². The quantitative estimate of drug-likeness (QED) is 0.459. The Balaban J connectivity index is 1.66. The van der Waals surface area contributed by atoms with Crippen molar-refractivity contribution in [1.82, 2.24) is 19.7 Å². The number of allylic oxidation sites excluding steroid dienone is 1. The van der Waals surface area contributed by atoms with E-state index < -0.39 is 0 Å². The normalized spacial score (nSPS) is 11.3. The van der Waals surface area contributed by atoms with E-state index in [4.69, 9.17) is 0 Å². The molecule has 150 valence electrons. The molecule has 0 spiro atoms. The van der Waals surface area contributed by atoms with E-state index in [0.29, 0.717) is 17.5 Å². The van der Waals surface area contributed by atoms with E-state index in [9.17, 15) is 4.79 Å². The molecule has 0 bridgehead atoms. The van der Waals surface area contributed by atoms with Gasteiger partial charge in [0, 0.05) is 30.2 Å². The van der Waals surface area contributed by atoms with E-state index in [1.807, 2.05) is 41.0 Å². The van der Waals surface area contributed by atoms with Crippen LogP contribution in [-0.2, 0) is 16.8 Å². The number of pyridine rings is 1. The van der Waals surface area contributed by atoms with Gasteiger partial charge in [-0.25, -0.2) is 0 Å². The predicted molar refractivity (Wildman–Crippen MR) is 118 cm³/mol. The molecule has 7 heteroatoms. The summed E-state index contributed by atoms with van der Waals surface area (Å²) in [6.07, 6.45) is 5.24. The molecule has 0 radical (unpaired) electrons. The number of rotatable bonds is 7. The maximum absolute atomic E-state index is 12.4. The summed E-state index contributed by atoms with van der Waals surface area (Å²) in [5.74, 6) is 0.858. The molecule has 0 saturated carbocycles. The highest BCUT2D eigenvalue weighted by atomic mass is 32.2. The van der Waals surface area contributed by atoms with Crippen molar-refractivity contribution in [2.75, 3.05) is 11.1 Å². The summed E-state index contributed by atoms with van der Waals surface area (Å²) in [5, 5.41) is 12.1. The molecule has 0 saturated heterocycles. The summed E-state index contributed by atoms with van der Waals surface area (Å²) in [5.41, 5.74) is 2.97. The van der Waals surface area contributed by atoms with Crippen molar-refractivity contribution >= 4 is 23.4 Å². The molecule has 0 fully saturated rings. The lowest BCUT2D eigenvalue weighted by Gasteiger charge is -2.19. The zero-order valence-corrected chi connectivity index (χ0v) is 17.7. The van der Waals surface area contributed by atoms with Crippen molar-refractivity contribution in [3.05, 3.63) is 67.0 Å². The van der Waals surface area contributed by atoms with Crippen LogP contribution >= 0.6 is 11.8 Å². The highest BCUT2D eigenvalue weighted by Gasteiger charge is 2.16. The van der Waals surface area contributed by atoms with Crippen LogP contribution < -0.4 is 5.32 Å². The summed E-state index contributed by atoms with van der Waals surface area (Å²) >= 11 is 1.35. The number of nitrogens with zero attached hydrogens (tertiary/aromatic N) is 4. The molecule has 0 atom stereocenters. The summed E-state index contributed by atoms with van der Waals surface area (Å²) in [4.78, 5) is 16.5. The molecule has 1 N–H and O–H groups in total. The first-order valence-electron chi connectivity index (χ1n) is 9.36. The van der Waals surface area contributed by atoms with Crippen molar-refractivity contribution in [2.24, 2.45) is 0 Å². The Morgan fingerprint density at radius 1 is 1.21 bits per heavy atom. The molecular weight excluding hydrogens is 382 g/mol. The van der Waals surface area contributed by atoms with Crippen LogP contribution in [0.1, 0.15) is 26.3 Å². The molecule has 0 unspecified atom stereocenters. The number of hydrogen-bond acceptors (Lipinski definition) is 5. The minimum Gasteiger partial charge on any atom is -0.325 e. The van der Waals surface area contributed by atoms with Gasteiger partial charge in [0.25, 0.3) is 0 Å². The summed E-state index contributed by atoms with van der Waals surface area (Å²) in [6, 6.07) is 11.7. The number of aromatic nitrogens is 4. The molecular formula is C22H25N5OS. The maximum atomic E-state index is 12.4. The largest absolute Gasteiger partial charge is 0.325 e. The van der Waals surface area contributed by atoms with Crippen LogP contribution in [0.25, 0.3) is 11.4 Å². The lowest BCUT2D eigenvalue weighted by molar-refractivity contribution is -0.113. The third-order valence-corrected chi connectivity index (χ3v) is 5.28. The fourth-order valence-corrected chi connectivity index (χ4v) is 3.53. The fourth-order valence-electron chi connectivity index (χ4n) is 2.78. The van der Waals surface area contributed by atoms with E-state index in [2.05, 4.69) is 47.8 Å².